The summed E-state index contributed by atoms with van der Waals surface area (Å²) in [5.74, 6) is 0.320. The molecule has 2 heterocycles. The molecule has 20 heavy (non-hydrogen) atoms. The summed E-state index contributed by atoms with van der Waals surface area (Å²) < 4.78 is 0. The van der Waals surface area contributed by atoms with Gasteiger partial charge in [0, 0.05) is 12.0 Å². The first-order chi connectivity index (χ1) is 9.70. The van der Waals surface area contributed by atoms with Crippen LogP contribution in [0.1, 0.15) is 16.7 Å². The lowest BCUT2D eigenvalue weighted by Crippen LogP contribution is -2.17. The highest BCUT2D eigenvalue weighted by atomic mass is 16.6. The zero-order valence-electron chi connectivity index (χ0n) is 10.5. The van der Waals surface area contributed by atoms with Gasteiger partial charge in [-0.3, -0.25) is 0 Å². The molecule has 3 rings (SSSR count). The molecule has 1 aliphatic rings. The van der Waals surface area contributed by atoms with Crippen LogP contribution in [0.4, 0.5) is 11.5 Å². The Labute approximate surface area is 115 Å². The summed E-state index contributed by atoms with van der Waals surface area (Å²) in [5, 5.41) is 13.1. The molecule has 0 saturated heterocycles. The van der Waals surface area contributed by atoms with E-state index >= 15 is 0 Å². The minimum Gasteiger partial charge on any atom is -0.397 e. The van der Waals surface area contributed by atoms with E-state index in [9.17, 15) is 0 Å². The first kappa shape index (κ1) is 12.0. The number of oxime groups is 1. The second-order valence-electron chi connectivity index (χ2n) is 4.35. The Bertz CT molecular complexity index is 746. The van der Waals surface area contributed by atoms with Gasteiger partial charge in [0.15, 0.2) is 0 Å². The van der Waals surface area contributed by atoms with E-state index in [1.54, 1.807) is 0 Å². The lowest BCUT2D eigenvalue weighted by atomic mass is 9.99. The molecule has 1 aromatic carbocycles. The zero-order valence-corrected chi connectivity index (χ0v) is 10.5. The molecule has 1 aromatic heterocycles. The fourth-order valence-electron chi connectivity index (χ4n) is 2.08. The normalized spacial score (nSPS) is 12.8. The third-order valence-electron chi connectivity index (χ3n) is 3.14. The van der Waals surface area contributed by atoms with Crippen LogP contribution >= 0.6 is 0 Å². The number of fused-ring (bicyclic) bond motifs is 1. The van der Waals surface area contributed by atoms with Gasteiger partial charge >= 0.3 is 0 Å². The van der Waals surface area contributed by atoms with E-state index in [4.69, 9.17) is 21.6 Å². The maximum Gasteiger partial charge on any atom is 0.256 e. The zero-order chi connectivity index (χ0) is 14.1. The third-order valence-corrected chi connectivity index (χ3v) is 3.14. The van der Waals surface area contributed by atoms with Crippen molar-refractivity contribution in [3.05, 3.63) is 47.0 Å². The lowest BCUT2D eigenvalue weighted by molar-refractivity contribution is 0.318. The highest BCUT2D eigenvalue weighted by Gasteiger charge is 2.23. The number of aromatic nitrogens is 1. The minimum absolute atomic E-state index is 0.0575. The van der Waals surface area contributed by atoms with Crippen LogP contribution in [0.5, 0.6) is 5.88 Å². The molecule has 0 amide bonds. The molecule has 6 heteroatoms. The van der Waals surface area contributed by atoms with Gasteiger partial charge in [-0.25, -0.2) is 0 Å². The molecule has 4 N–H and O–H groups in total. The van der Waals surface area contributed by atoms with E-state index in [2.05, 4.69) is 10.1 Å². The number of hydrogen-bond acceptors (Lipinski definition) is 6. The van der Waals surface area contributed by atoms with Gasteiger partial charge in [-0.05, 0) is 5.56 Å². The molecule has 6 nitrogen and oxygen atoms in total. The van der Waals surface area contributed by atoms with Crippen LogP contribution < -0.4 is 16.3 Å². The number of anilines is 2. The Hall–Kier alpha value is -3.07. The average molecular weight is 265 g/mol. The highest BCUT2D eigenvalue weighted by Crippen LogP contribution is 2.32. The van der Waals surface area contributed by atoms with Gasteiger partial charge in [-0.2, -0.15) is 10.2 Å². The summed E-state index contributed by atoms with van der Waals surface area (Å²) in [6.45, 7) is 0. The van der Waals surface area contributed by atoms with Gasteiger partial charge in [0.05, 0.1) is 11.4 Å². The van der Waals surface area contributed by atoms with Gasteiger partial charge in [-0.1, -0.05) is 35.5 Å². The van der Waals surface area contributed by atoms with Gasteiger partial charge in [-0.15, -0.1) is 0 Å². The van der Waals surface area contributed by atoms with Crippen molar-refractivity contribution in [1.82, 2.24) is 4.98 Å². The second-order valence-corrected chi connectivity index (χ2v) is 4.35. The third kappa shape index (κ3) is 1.82. The molecular formula is C14H11N5O. The quantitative estimate of drug-likeness (QED) is 0.810. The van der Waals surface area contributed by atoms with Crippen LogP contribution in [0.15, 0.2) is 35.5 Å². The van der Waals surface area contributed by atoms with E-state index in [0.717, 1.165) is 11.3 Å². The van der Waals surface area contributed by atoms with Gasteiger partial charge < -0.3 is 16.3 Å². The monoisotopic (exact) mass is 265 g/mol. The molecule has 0 radical (unpaired) electrons. The van der Waals surface area contributed by atoms with E-state index in [0.29, 0.717) is 17.7 Å². The van der Waals surface area contributed by atoms with Crippen molar-refractivity contribution in [3.63, 3.8) is 0 Å². The van der Waals surface area contributed by atoms with Crippen LogP contribution in [0, 0.1) is 11.3 Å². The Morgan fingerprint density at radius 3 is 2.65 bits per heavy atom. The van der Waals surface area contributed by atoms with Crippen molar-refractivity contribution in [3.8, 4) is 11.9 Å². The van der Waals surface area contributed by atoms with Crippen LogP contribution in [-0.4, -0.2) is 10.7 Å². The molecule has 0 saturated carbocycles. The summed E-state index contributed by atoms with van der Waals surface area (Å²) in [6, 6.07) is 11.6. The summed E-state index contributed by atoms with van der Waals surface area (Å²) >= 11 is 0. The number of rotatable bonds is 1. The SMILES string of the molecule is N#Cc1c(N)nc2c(c1N)CC(c1ccccc1)=NO2. The number of nitrogen functional groups attached to an aromatic ring is 2. The van der Waals surface area contributed by atoms with Crippen LogP contribution in [0.2, 0.25) is 0 Å². The largest absolute Gasteiger partial charge is 0.397 e. The van der Waals surface area contributed by atoms with Gasteiger partial charge in [0.1, 0.15) is 17.5 Å². The van der Waals surface area contributed by atoms with Gasteiger partial charge in [0.25, 0.3) is 5.88 Å². The topological polar surface area (TPSA) is 110 Å². The second kappa shape index (κ2) is 4.55. The molecule has 0 atom stereocenters. The summed E-state index contributed by atoms with van der Waals surface area (Å²) in [4.78, 5) is 9.28. The number of hydrogen-bond donors (Lipinski definition) is 2. The maximum atomic E-state index is 9.06. The van der Waals surface area contributed by atoms with E-state index in [1.165, 1.54) is 0 Å². The molecule has 0 aliphatic carbocycles. The van der Waals surface area contributed by atoms with Crippen molar-refractivity contribution in [2.45, 2.75) is 6.42 Å². The first-order valence-corrected chi connectivity index (χ1v) is 5.98. The summed E-state index contributed by atoms with van der Waals surface area (Å²) in [7, 11) is 0. The number of nitrogens with two attached hydrogens (primary N) is 2. The van der Waals surface area contributed by atoms with Crippen LogP contribution in [0.25, 0.3) is 0 Å². The Kier molecular flexibility index (Phi) is 2.73. The van der Waals surface area contributed by atoms with Crippen LogP contribution in [0.3, 0.4) is 0 Å². The minimum atomic E-state index is 0.0575. The summed E-state index contributed by atoms with van der Waals surface area (Å²) in [6.07, 6.45) is 0.452. The van der Waals surface area contributed by atoms with E-state index in [-0.39, 0.29) is 17.3 Å². The Balaban J connectivity index is 2.06. The van der Waals surface area contributed by atoms with Crippen LogP contribution in [-0.2, 0) is 6.42 Å². The van der Waals surface area contributed by atoms with E-state index < -0.39 is 0 Å². The molecule has 0 unspecified atom stereocenters. The van der Waals surface area contributed by atoms with E-state index in [1.807, 2.05) is 36.4 Å². The number of nitrogens with zero attached hydrogens (tertiary/aromatic N) is 3. The molecule has 0 fully saturated rings. The molecule has 1 aliphatic heterocycles. The maximum absolute atomic E-state index is 9.06. The Morgan fingerprint density at radius 1 is 1.20 bits per heavy atom. The van der Waals surface area contributed by atoms with Crippen molar-refractivity contribution >= 4 is 17.2 Å². The molecule has 0 bridgehead atoms. The highest BCUT2D eigenvalue weighted by molar-refractivity contribution is 6.03. The molecular weight excluding hydrogens is 254 g/mol. The number of pyridine rings is 1. The number of benzene rings is 1. The molecule has 98 valence electrons. The van der Waals surface area contributed by atoms with Crippen molar-refractivity contribution in [2.75, 3.05) is 11.5 Å². The van der Waals surface area contributed by atoms with Crippen molar-refractivity contribution in [1.29, 1.82) is 5.26 Å². The van der Waals surface area contributed by atoms with Crippen molar-refractivity contribution in [2.24, 2.45) is 5.16 Å². The first-order valence-electron chi connectivity index (χ1n) is 5.98. The smallest absolute Gasteiger partial charge is 0.256 e. The molecule has 2 aromatic rings. The fraction of sp³-hybridized carbons (Fsp3) is 0.0714. The van der Waals surface area contributed by atoms with Gasteiger partial charge in [0.2, 0.25) is 0 Å². The Morgan fingerprint density at radius 2 is 1.95 bits per heavy atom. The average Bonchev–Trinajstić information content (AvgIpc) is 2.48. The van der Waals surface area contributed by atoms with Crippen molar-refractivity contribution < 1.29 is 4.84 Å². The number of nitriles is 1. The predicted octanol–water partition coefficient (Wildman–Crippen LogP) is 1.46. The fourth-order valence-corrected chi connectivity index (χ4v) is 2.08. The predicted molar refractivity (Wildman–Crippen MR) is 75.1 cm³/mol. The standard InChI is InChI=1S/C14H11N5O/c15-7-10-12(16)9-6-11(8-4-2-1-3-5-8)19-20-14(9)18-13(10)17/h1-5H,6H2,(H4,16,17,18). The summed E-state index contributed by atoms with van der Waals surface area (Å²) in [5.41, 5.74) is 14.4. The molecule has 0 spiro atoms. The lowest BCUT2D eigenvalue weighted by Gasteiger charge is -2.17.